The molecule has 1 saturated heterocycles. The van der Waals surface area contributed by atoms with Crippen molar-refractivity contribution >= 4 is 27.7 Å². The summed E-state index contributed by atoms with van der Waals surface area (Å²) in [6.07, 6.45) is -2.33. The number of aliphatic hydroxyl groups is 3. The molecular formula is C10H13BrN2O5S. The van der Waals surface area contributed by atoms with E-state index in [4.69, 9.17) is 5.11 Å². The maximum absolute atomic E-state index is 11.9. The Balaban J connectivity index is 2.52. The normalized spacial score (nSPS) is 30.8. The molecule has 1 aliphatic heterocycles. The third kappa shape index (κ3) is 2.40. The summed E-state index contributed by atoms with van der Waals surface area (Å²) < 4.78 is 1.40. The fourth-order valence-corrected chi connectivity index (χ4v) is 3.79. The second-order valence-electron chi connectivity index (χ2n) is 4.26. The topological polar surface area (TPSA) is 116 Å². The van der Waals surface area contributed by atoms with Gasteiger partial charge in [-0.05, 0) is 22.9 Å². The van der Waals surface area contributed by atoms with Crippen LogP contribution in [0.4, 0.5) is 0 Å². The molecule has 0 saturated carbocycles. The van der Waals surface area contributed by atoms with E-state index in [9.17, 15) is 19.8 Å². The van der Waals surface area contributed by atoms with E-state index in [-0.39, 0.29) is 11.1 Å². The lowest BCUT2D eigenvalue weighted by Gasteiger charge is -2.20. The number of hydrogen-bond acceptors (Lipinski definition) is 6. The maximum atomic E-state index is 11.9. The number of nitrogens with one attached hydrogen (secondary N) is 1. The molecule has 0 spiro atoms. The van der Waals surface area contributed by atoms with Gasteiger partial charge in [-0.15, -0.1) is 11.8 Å². The molecule has 1 aromatic rings. The lowest BCUT2D eigenvalue weighted by molar-refractivity contribution is 0.00981. The minimum atomic E-state index is -1.20. The lowest BCUT2D eigenvalue weighted by Crippen LogP contribution is -2.39. The monoisotopic (exact) mass is 352 g/mol. The molecule has 0 amide bonds. The molecule has 9 heteroatoms. The van der Waals surface area contributed by atoms with Gasteiger partial charge in [0, 0.05) is 5.69 Å². The van der Waals surface area contributed by atoms with Crippen molar-refractivity contribution in [2.75, 3.05) is 6.61 Å². The van der Waals surface area contributed by atoms with Crippen molar-refractivity contribution in [1.29, 1.82) is 0 Å². The van der Waals surface area contributed by atoms with Gasteiger partial charge in [0.1, 0.15) is 16.0 Å². The molecule has 2 rings (SSSR count). The summed E-state index contributed by atoms with van der Waals surface area (Å²) in [6.45, 7) is 1.25. The molecule has 1 aliphatic rings. The molecule has 0 bridgehead atoms. The minimum absolute atomic E-state index is 0.196. The second-order valence-corrected chi connectivity index (χ2v) is 6.41. The van der Waals surface area contributed by atoms with Gasteiger partial charge in [0.2, 0.25) is 0 Å². The molecule has 0 aliphatic carbocycles. The zero-order chi connectivity index (χ0) is 14.3. The Kier molecular flexibility index (Phi) is 4.21. The van der Waals surface area contributed by atoms with Crippen LogP contribution in [0.25, 0.3) is 0 Å². The van der Waals surface area contributed by atoms with Crippen LogP contribution >= 0.6 is 27.7 Å². The molecule has 7 nitrogen and oxygen atoms in total. The lowest BCUT2D eigenvalue weighted by atomic mass is 10.1. The molecule has 19 heavy (non-hydrogen) atoms. The summed E-state index contributed by atoms with van der Waals surface area (Å²) in [5, 5.41) is 27.5. The highest BCUT2D eigenvalue weighted by Crippen LogP contribution is 2.41. The first kappa shape index (κ1) is 14.8. The van der Waals surface area contributed by atoms with Gasteiger partial charge in [-0.3, -0.25) is 14.3 Å². The Morgan fingerprint density at radius 1 is 1.37 bits per heavy atom. The number of aromatic amines is 1. The molecule has 0 unspecified atom stereocenters. The first-order valence-electron chi connectivity index (χ1n) is 5.51. The molecule has 2 heterocycles. The number of aliphatic hydroxyl groups excluding tert-OH is 3. The molecule has 4 atom stereocenters. The van der Waals surface area contributed by atoms with E-state index in [1.807, 2.05) is 0 Å². The Morgan fingerprint density at radius 2 is 2.00 bits per heavy atom. The van der Waals surface area contributed by atoms with Crippen LogP contribution in [0.3, 0.4) is 0 Å². The van der Waals surface area contributed by atoms with Crippen molar-refractivity contribution in [3.05, 3.63) is 31.0 Å². The molecule has 106 valence electrons. The standard InChI is InChI=1S/C10H13BrN2O5S/c1-3-5(11)8(17)12-10(18)13(3)9-7(16)6(15)4(2-14)19-9/h4,6-7,9,14-16H,2H2,1H3,(H,12,17,18)/t4-,6+,7+,9+/m0/s1. The van der Waals surface area contributed by atoms with Gasteiger partial charge < -0.3 is 15.3 Å². The Bertz CT molecular complexity index is 601. The summed E-state index contributed by atoms with van der Waals surface area (Å²) in [5.74, 6) is 0. The van der Waals surface area contributed by atoms with E-state index in [0.29, 0.717) is 5.69 Å². The summed E-state index contributed by atoms with van der Waals surface area (Å²) >= 11 is 4.17. The number of halogens is 1. The number of nitrogens with zero attached hydrogens (tertiary/aromatic N) is 1. The molecule has 0 aromatic carbocycles. The van der Waals surface area contributed by atoms with E-state index in [1.165, 1.54) is 4.57 Å². The zero-order valence-electron chi connectivity index (χ0n) is 9.91. The number of rotatable bonds is 2. The number of hydrogen-bond donors (Lipinski definition) is 4. The van der Waals surface area contributed by atoms with Crippen molar-refractivity contribution in [2.45, 2.75) is 29.8 Å². The third-order valence-corrected chi connectivity index (χ3v) is 5.57. The number of aromatic nitrogens is 2. The van der Waals surface area contributed by atoms with E-state index < -0.39 is 34.1 Å². The Labute approximate surface area is 120 Å². The van der Waals surface area contributed by atoms with Crippen LogP contribution < -0.4 is 11.2 Å². The highest BCUT2D eigenvalue weighted by molar-refractivity contribution is 9.10. The Morgan fingerprint density at radius 3 is 2.53 bits per heavy atom. The summed E-state index contributed by atoms with van der Waals surface area (Å²) in [7, 11) is 0. The first-order valence-corrected chi connectivity index (χ1v) is 7.25. The molecule has 1 aromatic heterocycles. The first-order chi connectivity index (χ1) is 8.88. The average Bonchev–Trinajstić information content (AvgIpc) is 2.64. The largest absolute Gasteiger partial charge is 0.395 e. The fraction of sp³-hybridized carbons (Fsp3) is 0.600. The third-order valence-electron chi connectivity index (χ3n) is 3.09. The fourth-order valence-electron chi connectivity index (χ4n) is 2.03. The quantitative estimate of drug-likeness (QED) is 0.539. The maximum Gasteiger partial charge on any atom is 0.329 e. The van der Waals surface area contributed by atoms with Crippen LogP contribution in [0.5, 0.6) is 0 Å². The molecular weight excluding hydrogens is 340 g/mol. The van der Waals surface area contributed by atoms with Crippen LogP contribution in [-0.4, -0.2) is 48.9 Å². The molecule has 4 N–H and O–H groups in total. The van der Waals surface area contributed by atoms with Crippen molar-refractivity contribution in [1.82, 2.24) is 9.55 Å². The summed E-state index contributed by atoms with van der Waals surface area (Å²) in [4.78, 5) is 25.4. The SMILES string of the molecule is Cc1c(Br)c(=O)[nH]c(=O)n1[C@@H]1S[C@@H](CO)[C@@H](O)[C@H]1O. The van der Waals surface area contributed by atoms with Gasteiger partial charge in [-0.25, -0.2) is 4.79 Å². The van der Waals surface area contributed by atoms with Gasteiger partial charge in [0.25, 0.3) is 5.56 Å². The highest BCUT2D eigenvalue weighted by Gasteiger charge is 2.43. The van der Waals surface area contributed by atoms with Crippen molar-refractivity contribution < 1.29 is 15.3 Å². The van der Waals surface area contributed by atoms with Gasteiger partial charge in [-0.1, -0.05) is 0 Å². The van der Waals surface area contributed by atoms with E-state index in [2.05, 4.69) is 20.9 Å². The Hall–Kier alpha value is -0.610. The van der Waals surface area contributed by atoms with Gasteiger partial charge in [0.15, 0.2) is 0 Å². The second kappa shape index (κ2) is 5.41. The smallest absolute Gasteiger partial charge is 0.329 e. The van der Waals surface area contributed by atoms with Crippen LogP contribution in [0.2, 0.25) is 0 Å². The predicted molar refractivity (Wildman–Crippen MR) is 73.3 cm³/mol. The summed E-state index contributed by atoms with van der Waals surface area (Å²) in [5.41, 5.74) is -0.848. The van der Waals surface area contributed by atoms with Crippen LogP contribution in [0.15, 0.2) is 14.1 Å². The van der Waals surface area contributed by atoms with Crippen LogP contribution in [0.1, 0.15) is 11.1 Å². The zero-order valence-corrected chi connectivity index (χ0v) is 12.3. The van der Waals surface area contributed by atoms with Crippen molar-refractivity contribution in [3.63, 3.8) is 0 Å². The van der Waals surface area contributed by atoms with Gasteiger partial charge in [-0.2, -0.15) is 0 Å². The number of thioether (sulfide) groups is 1. The number of H-pyrrole nitrogens is 1. The highest BCUT2D eigenvalue weighted by atomic mass is 79.9. The van der Waals surface area contributed by atoms with Crippen molar-refractivity contribution in [3.8, 4) is 0 Å². The van der Waals surface area contributed by atoms with Gasteiger partial charge >= 0.3 is 5.69 Å². The predicted octanol–water partition coefficient (Wildman–Crippen LogP) is -1.06. The minimum Gasteiger partial charge on any atom is -0.395 e. The van der Waals surface area contributed by atoms with E-state index >= 15 is 0 Å². The molecule has 1 fully saturated rings. The van der Waals surface area contributed by atoms with Gasteiger partial charge in [0.05, 0.1) is 18.0 Å². The van der Waals surface area contributed by atoms with E-state index in [1.54, 1.807) is 6.92 Å². The van der Waals surface area contributed by atoms with E-state index in [0.717, 1.165) is 11.8 Å². The van der Waals surface area contributed by atoms with Crippen LogP contribution in [-0.2, 0) is 0 Å². The van der Waals surface area contributed by atoms with Crippen molar-refractivity contribution in [2.24, 2.45) is 0 Å². The molecule has 0 radical (unpaired) electrons. The van der Waals surface area contributed by atoms with Crippen LogP contribution in [0, 0.1) is 6.92 Å². The summed E-state index contributed by atoms with van der Waals surface area (Å²) in [6, 6.07) is 0. The average molecular weight is 353 g/mol.